The van der Waals surface area contributed by atoms with Crippen molar-refractivity contribution in [3.63, 3.8) is 0 Å². The average molecular weight is 249 g/mol. The topological polar surface area (TPSA) is 44.3 Å². The highest BCUT2D eigenvalue weighted by Crippen LogP contribution is 2.24. The molecular formula is C13H23N5. The molecule has 2 heterocycles. The number of hydrogen-bond donors (Lipinski definition) is 1. The molecule has 18 heavy (non-hydrogen) atoms. The Bertz CT molecular complexity index is 410. The van der Waals surface area contributed by atoms with E-state index in [2.05, 4.69) is 41.0 Å². The monoisotopic (exact) mass is 249 g/mol. The quantitative estimate of drug-likeness (QED) is 0.870. The molecule has 0 aliphatic carbocycles. The van der Waals surface area contributed by atoms with Gasteiger partial charge in [-0.15, -0.1) is 0 Å². The number of nitrogens with zero attached hydrogens (tertiary/aromatic N) is 4. The molecule has 0 bridgehead atoms. The molecule has 1 aliphatic heterocycles. The van der Waals surface area contributed by atoms with E-state index in [-0.39, 0.29) is 0 Å². The fraction of sp³-hybridized carbons (Fsp3) is 0.692. The summed E-state index contributed by atoms with van der Waals surface area (Å²) in [5, 5.41) is 3.17. The minimum absolute atomic E-state index is 0.871. The first kappa shape index (κ1) is 13.1. The molecule has 1 fully saturated rings. The van der Waals surface area contributed by atoms with E-state index in [9.17, 15) is 0 Å². The summed E-state index contributed by atoms with van der Waals surface area (Å²) in [6.07, 6.45) is 0.871. The van der Waals surface area contributed by atoms with Crippen LogP contribution in [0.3, 0.4) is 0 Å². The molecule has 5 nitrogen and oxygen atoms in total. The zero-order valence-corrected chi connectivity index (χ0v) is 11.8. The fourth-order valence-electron chi connectivity index (χ4n) is 2.28. The molecule has 1 N–H and O–H groups in total. The van der Waals surface area contributed by atoms with Gasteiger partial charge >= 0.3 is 0 Å². The summed E-state index contributed by atoms with van der Waals surface area (Å²) >= 11 is 0. The predicted molar refractivity (Wildman–Crippen MR) is 75.4 cm³/mol. The van der Waals surface area contributed by atoms with Crippen molar-refractivity contribution in [2.24, 2.45) is 0 Å². The number of anilines is 2. The summed E-state index contributed by atoms with van der Waals surface area (Å²) in [6, 6.07) is 0. The van der Waals surface area contributed by atoms with Crippen LogP contribution in [0.1, 0.15) is 18.3 Å². The van der Waals surface area contributed by atoms with Gasteiger partial charge in [-0.1, -0.05) is 6.92 Å². The van der Waals surface area contributed by atoms with Gasteiger partial charge in [-0.25, -0.2) is 9.97 Å². The Kier molecular flexibility index (Phi) is 4.01. The van der Waals surface area contributed by atoms with Crippen molar-refractivity contribution in [1.29, 1.82) is 0 Å². The average Bonchev–Trinajstić information content (AvgIpc) is 2.40. The summed E-state index contributed by atoms with van der Waals surface area (Å²) in [5.41, 5.74) is 1.15. The van der Waals surface area contributed by atoms with E-state index >= 15 is 0 Å². The minimum atomic E-state index is 0.871. The minimum Gasteiger partial charge on any atom is -0.373 e. The van der Waals surface area contributed by atoms with Crippen LogP contribution in [0.5, 0.6) is 0 Å². The Labute approximate surface area is 109 Å². The molecule has 1 aromatic heterocycles. The second-order valence-corrected chi connectivity index (χ2v) is 4.83. The number of aromatic nitrogens is 2. The first-order valence-corrected chi connectivity index (χ1v) is 6.64. The standard InChI is InChI=1S/C13H23N5/c1-5-11-15-12(14-3)10(2)13(16-11)18-8-6-17(4)7-9-18/h5-9H2,1-4H3,(H,14,15,16). The molecule has 0 amide bonds. The smallest absolute Gasteiger partial charge is 0.137 e. The molecule has 0 atom stereocenters. The zero-order valence-electron chi connectivity index (χ0n) is 11.8. The van der Waals surface area contributed by atoms with Gasteiger partial charge in [-0.05, 0) is 14.0 Å². The lowest BCUT2D eigenvalue weighted by Gasteiger charge is -2.34. The fourth-order valence-corrected chi connectivity index (χ4v) is 2.28. The van der Waals surface area contributed by atoms with Gasteiger partial charge in [0.15, 0.2) is 0 Å². The number of aryl methyl sites for hydroxylation is 1. The van der Waals surface area contributed by atoms with Gasteiger partial charge in [0, 0.05) is 45.2 Å². The molecule has 0 radical (unpaired) electrons. The largest absolute Gasteiger partial charge is 0.373 e. The Hall–Kier alpha value is -1.36. The van der Waals surface area contributed by atoms with Crippen molar-refractivity contribution in [2.75, 3.05) is 50.5 Å². The van der Waals surface area contributed by atoms with Gasteiger partial charge < -0.3 is 15.1 Å². The van der Waals surface area contributed by atoms with Crippen molar-refractivity contribution in [2.45, 2.75) is 20.3 Å². The van der Waals surface area contributed by atoms with Crippen LogP contribution in [0.25, 0.3) is 0 Å². The van der Waals surface area contributed by atoms with Crippen LogP contribution in [0.15, 0.2) is 0 Å². The molecule has 1 saturated heterocycles. The highest BCUT2D eigenvalue weighted by atomic mass is 15.3. The van der Waals surface area contributed by atoms with E-state index in [1.54, 1.807) is 0 Å². The third kappa shape index (κ3) is 2.56. The highest BCUT2D eigenvalue weighted by Gasteiger charge is 2.19. The summed E-state index contributed by atoms with van der Waals surface area (Å²) in [6.45, 7) is 8.47. The van der Waals surface area contributed by atoms with Crippen LogP contribution in [0.2, 0.25) is 0 Å². The van der Waals surface area contributed by atoms with Crippen molar-refractivity contribution >= 4 is 11.6 Å². The number of rotatable bonds is 3. The molecule has 1 aromatic rings. The van der Waals surface area contributed by atoms with E-state index < -0.39 is 0 Å². The van der Waals surface area contributed by atoms with Crippen LogP contribution in [0.4, 0.5) is 11.6 Å². The number of nitrogens with one attached hydrogen (secondary N) is 1. The summed E-state index contributed by atoms with van der Waals surface area (Å²) in [5.74, 6) is 2.97. The van der Waals surface area contributed by atoms with E-state index in [1.165, 1.54) is 0 Å². The van der Waals surface area contributed by atoms with Gasteiger partial charge in [0.2, 0.25) is 0 Å². The summed E-state index contributed by atoms with van der Waals surface area (Å²) in [4.78, 5) is 14.0. The van der Waals surface area contributed by atoms with Crippen LogP contribution >= 0.6 is 0 Å². The molecule has 0 unspecified atom stereocenters. The van der Waals surface area contributed by atoms with E-state index in [0.717, 1.165) is 55.6 Å². The summed E-state index contributed by atoms with van der Waals surface area (Å²) in [7, 11) is 4.09. The SMILES string of the molecule is CCc1nc(NC)c(C)c(N2CCN(C)CC2)n1. The van der Waals surface area contributed by atoms with Crippen LogP contribution in [-0.4, -0.2) is 55.1 Å². The highest BCUT2D eigenvalue weighted by molar-refractivity contribution is 5.58. The van der Waals surface area contributed by atoms with Crippen molar-refractivity contribution in [1.82, 2.24) is 14.9 Å². The zero-order chi connectivity index (χ0) is 13.1. The Balaban J connectivity index is 2.31. The molecule has 2 rings (SSSR count). The Morgan fingerprint density at radius 2 is 1.83 bits per heavy atom. The molecule has 1 aliphatic rings. The van der Waals surface area contributed by atoms with Gasteiger partial charge in [0.25, 0.3) is 0 Å². The van der Waals surface area contributed by atoms with Gasteiger partial charge in [0.1, 0.15) is 17.5 Å². The predicted octanol–water partition coefficient (Wildman–Crippen LogP) is 1.14. The van der Waals surface area contributed by atoms with Crippen LogP contribution in [-0.2, 0) is 6.42 Å². The first-order valence-electron chi connectivity index (χ1n) is 6.64. The second kappa shape index (κ2) is 5.52. The third-order valence-corrected chi connectivity index (χ3v) is 3.52. The maximum Gasteiger partial charge on any atom is 0.137 e. The van der Waals surface area contributed by atoms with Crippen molar-refractivity contribution < 1.29 is 0 Å². The molecule has 0 spiro atoms. The Morgan fingerprint density at radius 3 is 2.39 bits per heavy atom. The molecule has 0 saturated carbocycles. The van der Waals surface area contributed by atoms with Gasteiger partial charge in [-0.2, -0.15) is 0 Å². The molecule has 0 aromatic carbocycles. The van der Waals surface area contributed by atoms with Gasteiger partial charge in [0.05, 0.1) is 0 Å². The number of likely N-dealkylation sites (N-methyl/N-ethyl adjacent to an activating group) is 1. The van der Waals surface area contributed by atoms with Crippen LogP contribution < -0.4 is 10.2 Å². The van der Waals surface area contributed by atoms with E-state index in [4.69, 9.17) is 4.98 Å². The number of piperazine rings is 1. The molecular weight excluding hydrogens is 226 g/mol. The first-order chi connectivity index (χ1) is 8.65. The summed E-state index contributed by atoms with van der Waals surface area (Å²) < 4.78 is 0. The number of hydrogen-bond acceptors (Lipinski definition) is 5. The van der Waals surface area contributed by atoms with E-state index in [0.29, 0.717) is 0 Å². The van der Waals surface area contributed by atoms with Crippen molar-refractivity contribution in [3.8, 4) is 0 Å². The van der Waals surface area contributed by atoms with Gasteiger partial charge in [-0.3, -0.25) is 0 Å². The maximum atomic E-state index is 4.70. The lowest BCUT2D eigenvalue weighted by Crippen LogP contribution is -2.45. The molecule has 5 heteroatoms. The molecule has 100 valence electrons. The second-order valence-electron chi connectivity index (χ2n) is 4.83. The third-order valence-electron chi connectivity index (χ3n) is 3.52. The lowest BCUT2D eigenvalue weighted by molar-refractivity contribution is 0.312. The normalized spacial score (nSPS) is 17.0. The van der Waals surface area contributed by atoms with Crippen molar-refractivity contribution in [3.05, 3.63) is 11.4 Å². The van der Waals surface area contributed by atoms with E-state index in [1.807, 2.05) is 7.05 Å². The van der Waals surface area contributed by atoms with Crippen LogP contribution in [0, 0.1) is 6.92 Å². The Morgan fingerprint density at radius 1 is 1.17 bits per heavy atom. The maximum absolute atomic E-state index is 4.70. The lowest BCUT2D eigenvalue weighted by atomic mass is 10.2.